The maximum atomic E-state index is 12.1. The number of carbonyl (C=O) groups is 1. The smallest absolute Gasteiger partial charge is 0.254 e. The van der Waals surface area contributed by atoms with E-state index in [1.807, 2.05) is 32.9 Å². The molecule has 3 N–H and O–H groups in total. The standard InChI is InChI=1S/C14H18N2O/c1-5-12(9(2)3)16-14(17)13-10(4)7-6-8-11(13)15/h1,6-9,12H,15H2,2-4H3,(H,16,17). The number of nitrogen functional groups attached to an aromatic ring is 1. The molecule has 0 saturated heterocycles. The van der Waals surface area contributed by atoms with Crippen LogP contribution in [-0.4, -0.2) is 11.9 Å². The summed E-state index contributed by atoms with van der Waals surface area (Å²) in [7, 11) is 0. The summed E-state index contributed by atoms with van der Waals surface area (Å²) < 4.78 is 0. The molecule has 0 aromatic heterocycles. The quantitative estimate of drug-likeness (QED) is 0.616. The lowest BCUT2D eigenvalue weighted by molar-refractivity contribution is 0.0938. The van der Waals surface area contributed by atoms with E-state index in [2.05, 4.69) is 11.2 Å². The molecule has 0 heterocycles. The molecule has 1 amide bonds. The Bertz CT molecular complexity index is 438. The molecule has 0 aliphatic rings. The maximum Gasteiger partial charge on any atom is 0.254 e. The van der Waals surface area contributed by atoms with Crippen LogP contribution in [0.15, 0.2) is 18.2 Å². The zero-order valence-corrected chi connectivity index (χ0v) is 10.4. The van der Waals surface area contributed by atoms with Crippen molar-refractivity contribution in [3.8, 4) is 12.3 Å². The third-order valence-corrected chi connectivity index (χ3v) is 2.66. The summed E-state index contributed by atoms with van der Waals surface area (Å²) in [5, 5.41) is 2.81. The molecule has 1 aromatic rings. The predicted molar refractivity (Wildman–Crippen MR) is 70.5 cm³/mol. The van der Waals surface area contributed by atoms with Gasteiger partial charge in [-0.05, 0) is 24.5 Å². The molecule has 17 heavy (non-hydrogen) atoms. The molecule has 3 nitrogen and oxygen atoms in total. The largest absolute Gasteiger partial charge is 0.398 e. The van der Waals surface area contributed by atoms with Crippen LogP contribution in [0.5, 0.6) is 0 Å². The number of anilines is 1. The van der Waals surface area contributed by atoms with Crippen molar-refractivity contribution in [2.24, 2.45) is 5.92 Å². The minimum absolute atomic E-state index is 0.189. The van der Waals surface area contributed by atoms with Crippen LogP contribution < -0.4 is 11.1 Å². The van der Waals surface area contributed by atoms with Gasteiger partial charge in [0, 0.05) is 5.69 Å². The highest BCUT2D eigenvalue weighted by molar-refractivity contribution is 6.00. The van der Waals surface area contributed by atoms with Gasteiger partial charge in [-0.1, -0.05) is 31.9 Å². The minimum Gasteiger partial charge on any atom is -0.398 e. The van der Waals surface area contributed by atoms with Crippen LogP contribution in [0.1, 0.15) is 29.8 Å². The molecule has 0 saturated carbocycles. The molecule has 0 spiro atoms. The van der Waals surface area contributed by atoms with Crippen LogP contribution >= 0.6 is 0 Å². The van der Waals surface area contributed by atoms with Crippen LogP contribution in [0.2, 0.25) is 0 Å². The Labute approximate surface area is 102 Å². The number of benzene rings is 1. The monoisotopic (exact) mass is 230 g/mol. The highest BCUT2D eigenvalue weighted by Gasteiger charge is 2.17. The van der Waals surface area contributed by atoms with E-state index in [4.69, 9.17) is 12.2 Å². The summed E-state index contributed by atoms with van der Waals surface area (Å²) >= 11 is 0. The van der Waals surface area contributed by atoms with Gasteiger partial charge in [0.05, 0.1) is 11.6 Å². The molecule has 1 aromatic carbocycles. The van der Waals surface area contributed by atoms with E-state index in [1.54, 1.807) is 6.07 Å². The van der Waals surface area contributed by atoms with Gasteiger partial charge in [-0.15, -0.1) is 6.42 Å². The van der Waals surface area contributed by atoms with Crippen molar-refractivity contribution in [1.82, 2.24) is 5.32 Å². The Morgan fingerprint density at radius 1 is 1.47 bits per heavy atom. The van der Waals surface area contributed by atoms with Gasteiger partial charge in [-0.25, -0.2) is 0 Å². The van der Waals surface area contributed by atoms with Gasteiger partial charge in [0.2, 0.25) is 0 Å². The average Bonchev–Trinajstić information content (AvgIpc) is 2.25. The third-order valence-electron chi connectivity index (χ3n) is 2.66. The van der Waals surface area contributed by atoms with Gasteiger partial charge >= 0.3 is 0 Å². The predicted octanol–water partition coefficient (Wildman–Crippen LogP) is 1.96. The normalized spacial score (nSPS) is 11.9. The van der Waals surface area contributed by atoms with Gasteiger partial charge in [-0.3, -0.25) is 4.79 Å². The molecule has 1 unspecified atom stereocenters. The van der Waals surface area contributed by atoms with Crippen molar-refractivity contribution in [2.75, 3.05) is 5.73 Å². The second kappa shape index (κ2) is 5.40. The van der Waals surface area contributed by atoms with Crippen molar-refractivity contribution in [3.05, 3.63) is 29.3 Å². The Kier molecular flexibility index (Phi) is 4.17. The summed E-state index contributed by atoms with van der Waals surface area (Å²) in [5.74, 6) is 2.55. The molecule has 0 fully saturated rings. The van der Waals surface area contributed by atoms with E-state index in [1.165, 1.54) is 0 Å². The van der Waals surface area contributed by atoms with Gasteiger partial charge in [0.25, 0.3) is 5.91 Å². The number of aryl methyl sites for hydroxylation is 1. The van der Waals surface area contributed by atoms with E-state index < -0.39 is 0 Å². The van der Waals surface area contributed by atoms with Crippen molar-refractivity contribution in [2.45, 2.75) is 26.8 Å². The first kappa shape index (κ1) is 13.1. The summed E-state index contributed by atoms with van der Waals surface area (Å²) in [6, 6.07) is 5.11. The summed E-state index contributed by atoms with van der Waals surface area (Å²) in [5.41, 5.74) is 7.63. The highest BCUT2D eigenvalue weighted by Crippen LogP contribution is 2.16. The SMILES string of the molecule is C#CC(NC(=O)c1c(C)cccc1N)C(C)C. The number of hydrogen-bond donors (Lipinski definition) is 2. The van der Waals surface area contributed by atoms with Crippen molar-refractivity contribution in [1.29, 1.82) is 0 Å². The lowest BCUT2D eigenvalue weighted by Crippen LogP contribution is -2.38. The first-order valence-electron chi connectivity index (χ1n) is 5.59. The third kappa shape index (κ3) is 3.01. The number of hydrogen-bond acceptors (Lipinski definition) is 2. The zero-order valence-electron chi connectivity index (χ0n) is 10.4. The lowest BCUT2D eigenvalue weighted by Gasteiger charge is -2.18. The number of rotatable bonds is 3. The van der Waals surface area contributed by atoms with E-state index in [0.717, 1.165) is 5.56 Å². The van der Waals surface area contributed by atoms with E-state index in [-0.39, 0.29) is 17.9 Å². The van der Waals surface area contributed by atoms with Gasteiger partial charge < -0.3 is 11.1 Å². The van der Waals surface area contributed by atoms with Crippen LogP contribution in [0.4, 0.5) is 5.69 Å². The minimum atomic E-state index is -0.276. The van der Waals surface area contributed by atoms with Gasteiger partial charge in [0.15, 0.2) is 0 Å². The second-order valence-electron chi connectivity index (χ2n) is 4.40. The van der Waals surface area contributed by atoms with Crippen LogP contribution in [-0.2, 0) is 0 Å². The first-order valence-corrected chi connectivity index (χ1v) is 5.59. The molecule has 0 radical (unpaired) electrons. The number of amides is 1. The number of nitrogens with one attached hydrogen (secondary N) is 1. The molecule has 0 aliphatic heterocycles. The topological polar surface area (TPSA) is 55.1 Å². The fourth-order valence-electron chi connectivity index (χ4n) is 1.61. The molecule has 3 heteroatoms. The molecule has 1 atom stereocenters. The zero-order chi connectivity index (χ0) is 13.0. The van der Waals surface area contributed by atoms with Crippen molar-refractivity contribution < 1.29 is 4.79 Å². The Morgan fingerprint density at radius 3 is 2.59 bits per heavy atom. The van der Waals surface area contributed by atoms with E-state index in [9.17, 15) is 4.79 Å². The van der Waals surface area contributed by atoms with E-state index >= 15 is 0 Å². The molecule has 1 rings (SSSR count). The van der Waals surface area contributed by atoms with E-state index in [0.29, 0.717) is 11.3 Å². The Balaban J connectivity index is 2.95. The molecule has 0 aliphatic carbocycles. The first-order chi connectivity index (χ1) is 7.97. The van der Waals surface area contributed by atoms with Crippen molar-refractivity contribution in [3.63, 3.8) is 0 Å². The maximum absolute atomic E-state index is 12.1. The second-order valence-corrected chi connectivity index (χ2v) is 4.40. The summed E-state index contributed by atoms with van der Waals surface area (Å²) in [6.45, 7) is 5.78. The number of nitrogens with two attached hydrogens (primary N) is 1. The Morgan fingerprint density at radius 2 is 2.12 bits per heavy atom. The fourth-order valence-corrected chi connectivity index (χ4v) is 1.61. The molecule has 0 bridgehead atoms. The van der Waals surface area contributed by atoms with Gasteiger partial charge in [0.1, 0.15) is 0 Å². The number of terminal acetylenes is 1. The van der Waals surface area contributed by atoms with Crippen LogP contribution in [0.3, 0.4) is 0 Å². The fraction of sp³-hybridized carbons (Fsp3) is 0.357. The lowest BCUT2D eigenvalue weighted by atomic mass is 10.0. The molecular formula is C14H18N2O. The summed E-state index contributed by atoms with van der Waals surface area (Å²) in [4.78, 5) is 12.1. The average molecular weight is 230 g/mol. The highest BCUT2D eigenvalue weighted by atomic mass is 16.1. The molecule has 90 valence electrons. The number of carbonyl (C=O) groups excluding carboxylic acids is 1. The van der Waals surface area contributed by atoms with Gasteiger partial charge in [-0.2, -0.15) is 0 Å². The van der Waals surface area contributed by atoms with Crippen LogP contribution in [0.25, 0.3) is 0 Å². The Hall–Kier alpha value is -1.95. The molecular weight excluding hydrogens is 212 g/mol. The summed E-state index contributed by atoms with van der Waals surface area (Å²) in [6.07, 6.45) is 5.38. The van der Waals surface area contributed by atoms with Crippen LogP contribution in [0, 0.1) is 25.2 Å². The van der Waals surface area contributed by atoms with Crippen molar-refractivity contribution >= 4 is 11.6 Å².